The molecular formula is C12H23N3O4S. The van der Waals surface area contributed by atoms with Gasteiger partial charge in [0.1, 0.15) is 0 Å². The van der Waals surface area contributed by atoms with Gasteiger partial charge in [0.15, 0.2) is 0 Å². The van der Waals surface area contributed by atoms with Crippen molar-refractivity contribution in [2.24, 2.45) is 0 Å². The van der Waals surface area contributed by atoms with Gasteiger partial charge in [0.25, 0.3) is 0 Å². The standard InChI is InChI=1S/C12H23N3O4S/c1-2-19-12(16)3-8-20(17,18)15-6-4-14(5-7-15)11-9-13-10-11/h11,13H,2-10H2,1H3. The molecule has 0 bridgehead atoms. The van der Waals surface area contributed by atoms with Crippen molar-refractivity contribution in [2.45, 2.75) is 19.4 Å². The van der Waals surface area contributed by atoms with E-state index in [1.165, 1.54) is 4.31 Å². The van der Waals surface area contributed by atoms with Gasteiger partial charge in [0, 0.05) is 45.3 Å². The molecule has 1 N–H and O–H groups in total. The Hall–Kier alpha value is -0.700. The molecule has 2 heterocycles. The number of carbonyl (C=O) groups excluding carboxylic acids is 1. The van der Waals surface area contributed by atoms with E-state index in [9.17, 15) is 13.2 Å². The average molecular weight is 305 g/mol. The fraction of sp³-hybridized carbons (Fsp3) is 0.917. The Morgan fingerprint density at radius 1 is 1.25 bits per heavy atom. The minimum Gasteiger partial charge on any atom is -0.466 e. The maximum atomic E-state index is 12.1. The molecule has 2 rings (SSSR count). The summed E-state index contributed by atoms with van der Waals surface area (Å²) in [4.78, 5) is 13.6. The number of rotatable bonds is 6. The monoisotopic (exact) mass is 305 g/mol. The third kappa shape index (κ3) is 3.91. The van der Waals surface area contributed by atoms with Crippen molar-refractivity contribution in [3.8, 4) is 0 Å². The predicted molar refractivity (Wildman–Crippen MR) is 74.8 cm³/mol. The van der Waals surface area contributed by atoms with Gasteiger partial charge in [0.2, 0.25) is 10.0 Å². The summed E-state index contributed by atoms with van der Waals surface area (Å²) in [5.74, 6) is -0.605. The van der Waals surface area contributed by atoms with Crippen LogP contribution in [-0.2, 0) is 19.6 Å². The van der Waals surface area contributed by atoms with Gasteiger partial charge in [-0.05, 0) is 6.92 Å². The van der Waals surface area contributed by atoms with Crippen LogP contribution in [0.3, 0.4) is 0 Å². The summed E-state index contributed by atoms with van der Waals surface area (Å²) in [6.45, 7) is 6.55. The van der Waals surface area contributed by atoms with Crippen molar-refractivity contribution in [1.29, 1.82) is 0 Å². The summed E-state index contributed by atoms with van der Waals surface area (Å²) in [6.07, 6.45) is -0.0665. The summed E-state index contributed by atoms with van der Waals surface area (Å²) < 4.78 is 30.5. The summed E-state index contributed by atoms with van der Waals surface area (Å²) >= 11 is 0. The van der Waals surface area contributed by atoms with Crippen molar-refractivity contribution in [1.82, 2.24) is 14.5 Å². The molecule has 0 unspecified atom stereocenters. The van der Waals surface area contributed by atoms with Gasteiger partial charge < -0.3 is 10.1 Å². The van der Waals surface area contributed by atoms with Gasteiger partial charge in [-0.1, -0.05) is 0 Å². The highest BCUT2D eigenvalue weighted by Crippen LogP contribution is 2.13. The Morgan fingerprint density at radius 3 is 2.40 bits per heavy atom. The maximum Gasteiger partial charge on any atom is 0.306 e. The van der Waals surface area contributed by atoms with Crippen LogP contribution in [0.1, 0.15) is 13.3 Å². The molecular weight excluding hydrogens is 282 g/mol. The van der Waals surface area contributed by atoms with E-state index >= 15 is 0 Å². The third-order valence-corrected chi connectivity index (χ3v) is 5.68. The van der Waals surface area contributed by atoms with E-state index in [1.807, 2.05) is 0 Å². The Bertz CT molecular complexity index is 428. The van der Waals surface area contributed by atoms with Gasteiger partial charge in [-0.3, -0.25) is 9.69 Å². The van der Waals surface area contributed by atoms with Crippen LogP contribution in [0.2, 0.25) is 0 Å². The summed E-state index contributed by atoms with van der Waals surface area (Å²) in [7, 11) is -3.34. The molecule has 0 aromatic heterocycles. The first-order valence-electron chi connectivity index (χ1n) is 7.11. The van der Waals surface area contributed by atoms with Gasteiger partial charge in [-0.15, -0.1) is 0 Å². The van der Waals surface area contributed by atoms with E-state index in [2.05, 4.69) is 10.2 Å². The normalized spacial score (nSPS) is 22.4. The topological polar surface area (TPSA) is 79.0 Å². The summed E-state index contributed by atoms with van der Waals surface area (Å²) in [6, 6.07) is 0.555. The number of esters is 1. The number of hydrogen-bond donors (Lipinski definition) is 1. The SMILES string of the molecule is CCOC(=O)CCS(=O)(=O)N1CCN(C2CNC2)CC1. The second-order valence-corrected chi connectivity index (χ2v) is 7.21. The number of nitrogens with zero attached hydrogens (tertiary/aromatic N) is 2. The van der Waals surface area contributed by atoms with Gasteiger partial charge >= 0.3 is 5.97 Å². The molecule has 7 nitrogen and oxygen atoms in total. The Kier molecular flexibility index (Phi) is 5.36. The largest absolute Gasteiger partial charge is 0.466 e. The van der Waals surface area contributed by atoms with E-state index in [4.69, 9.17) is 4.74 Å². The van der Waals surface area contributed by atoms with E-state index in [0.29, 0.717) is 19.1 Å². The lowest BCUT2D eigenvalue weighted by Gasteiger charge is -2.42. The van der Waals surface area contributed by atoms with E-state index in [0.717, 1.165) is 26.2 Å². The molecule has 0 saturated carbocycles. The average Bonchev–Trinajstić information content (AvgIpc) is 2.36. The fourth-order valence-corrected chi connectivity index (χ4v) is 3.86. The molecule has 20 heavy (non-hydrogen) atoms. The molecule has 0 aromatic carbocycles. The molecule has 116 valence electrons. The highest BCUT2D eigenvalue weighted by atomic mass is 32.2. The Morgan fingerprint density at radius 2 is 1.90 bits per heavy atom. The van der Waals surface area contributed by atoms with Gasteiger partial charge in [-0.2, -0.15) is 4.31 Å². The quantitative estimate of drug-likeness (QED) is 0.625. The maximum absolute atomic E-state index is 12.1. The van der Waals surface area contributed by atoms with E-state index in [-0.39, 0.29) is 18.8 Å². The molecule has 0 radical (unpaired) electrons. The van der Waals surface area contributed by atoms with Crippen molar-refractivity contribution < 1.29 is 17.9 Å². The number of ether oxygens (including phenoxy) is 1. The molecule has 2 saturated heterocycles. The number of hydrogen-bond acceptors (Lipinski definition) is 6. The van der Waals surface area contributed by atoms with Crippen LogP contribution in [0.4, 0.5) is 0 Å². The minimum atomic E-state index is -3.34. The Balaban J connectivity index is 1.77. The van der Waals surface area contributed by atoms with E-state index < -0.39 is 16.0 Å². The van der Waals surface area contributed by atoms with Crippen LogP contribution < -0.4 is 5.32 Å². The molecule has 2 fully saturated rings. The smallest absolute Gasteiger partial charge is 0.306 e. The van der Waals surface area contributed by atoms with Crippen molar-refractivity contribution in [3.63, 3.8) is 0 Å². The number of nitrogens with one attached hydrogen (secondary N) is 1. The third-order valence-electron chi connectivity index (χ3n) is 3.81. The first-order chi connectivity index (χ1) is 9.53. The van der Waals surface area contributed by atoms with Crippen LogP contribution in [0.15, 0.2) is 0 Å². The molecule has 2 aliphatic rings. The molecule has 0 amide bonds. The van der Waals surface area contributed by atoms with Crippen molar-refractivity contribution in [2.75, 3.05) is 51.6 Å². The summed E-state index contributed by atoms with van der Waals surface area (Å²) in [5, 5.41) is 3.22. The van der Waals surface area contributed by atoms with Crippen LogP contribution in [0, 0.1) is 0 Å². The van der Waals surface area contributed by atoms with Gasteiger partial charge in [0.05, 0.1) is 18.8 Å². The number of sulfonamides is 1. The van der Waals surface area contributed by atoms with Crippen LogP contribution >= 0.6 is 0 Å². The predicted octanol–water partition coefficient (Wildman–Crippen LogP) is -1.14. The van der Waals surface area contributed by atoms with E-state index in [1.54, 1.807) is 6.92 Å². The zero-order valence-corrected chi connectivity index (χ0v) is 12.7. The van der Waals surface area contributed by atoms with Crippen molar-refractivity contribution >= 4 is 16.0 Å². The number of carbonyl (C=O) groups is 1. The van der Waals surface area contributed by atoms with Crippen LogP contribution in [0.5, 0.6) is 0 Å². The van der Waals surface area contributed by atoms with Crippen molar-refractivity contribution in [3.05, 3.63) is 0 Å². The molecule has 0 aliphatic carbocycles. The molecule has 8 heteroatoms. The lowest BCUT2D eigenvalue weighted by molar-refractivity contribution is -0.142. The highest BCUT2D eigenvalue weighted by Gasteiger charge is 2.32. The second-order valence-electron chi connectivity index (χ2n) is 5.12. The van der Waals surface area contributed by atoms with Crippen LogP contribution in [0.25, 0.3) is 0 Å². The second kappa shape index (κ2) is 6.84. The number of piperazine rings is 1. The van der Waals surface area contributed by atoms with Crippen LogP contribution in [-0.4, -0.2) is 81.3 Å². The summed E-state index contributed by atoms with van der Waals surface area (Å²) in [5.41, 5.74) is 0. The minimum absolute atomic E-state index is 0.0665. The molecule has 0 spiro atoms. The molecule has 0 atom stereocenters. The lowest BCUT2D eigenvalue weighted by atomic mass is 10.1. The zero-order valence-electron chi connectivity index (χ0n) is 11.9. The van der Waals surface area contributed by atoms with Gasteiger partial charge in [-0.25, -0.2) is 8.42 Å². The molecule has 2 aliphatic heterocycles. The first-order valence-corrected chi connectivity index (χ1v) is 8.72. The first kappa shape index (κ1) is 15.7. The zero-order chi connectivity index (χ0) is 14.6. The lowest BCUT2D eigenvalue weighted by Crippen LogP contribution is -2.62. The highest BCUT2D eigenvalue weighted by molar-refractivity contribution is 7.89. The fourth-order valence-electron chi connectivity index (χ4n) is 2.45. The Labute approximate surface area is 120 Å². The molecule has 0 aromatic rings.